The van der Waals surface area contributed by atoms with Gasteiger partial charge in [0.1, 0.15) is 4.90 Å². The molecule has 1 amide bonds. The Hall–Kier alpha value is -2.75. The molecular formula is C15H13F3N2O4S. The summed E-state index contributed by atoms with van der Waals surface area (Å²) in [5.74, 6) is -5.18. The molecule has 25 heavy (non-hydrogen) atoms. The van der Waals surface area contributed by atoms with Gasteiger partial charge in [0.05, 0.1) is 6.61 Å². The minimum Gasteiger partial charge on any atom is -0.450 e. The van der Waals surface area contributed by atoms with Crippen molar-refractivity contribution in [1.82, 2.24) is 0 Å². The van der Waals surface area contributed by atoms with Gasteiger partial charge in [0.25, 0.3) is 10.0 Å². The molecule has 0 fully saturated rings. The van der Waals surface area contributed by atoms with Gasteiger partial charge in [-0.15, -0.1) is 0 Å². The van der Waals surface area contributed by atoms with Gasteiger partial charge in [-0.25, -0.2) is 26.4 Å². The fourth-order valence-corrected chi connectivity index (χ4v) is 2.96. The average Bonchev–Trinajstić information content (AvgIpc) is 2.54. The lowest BCUT2D eigenvalue weighted by atomic mass is 10.3. The van der Waals surface area contributed by atoms with Gasteiger partial charge in [-0.1, -0.05) is 0 Å². The van der Waals surface area contributed by atoms with Crippen molar-refractivity contribution in [3.63, 3.8) is 0 Å². The fourth-order valence-electron chi connectivity index (χ4n) is 1.83. The summed E-state index contributed by atoms with van der Waals surface area (Å²) in [5.41, 5.74) is 0.360. The monoisotopic (exact) mass is 374 g/mol. The summed E-state index contributed by atoms with van der Waals surface area (Å²) in [4.78, 5) is 10.2. The van der Waals surface area contributed by atoms with E-state index in [4.69, 9.17) is 0 Å². The van der Waals surface area contributed by atoms with Crippen molar-refractivity contribution in [2.75, 3.05) is 16.6 Å². The van der Waals surface area contributed by atoms with Gasteiger partial charge in [-0.2, -0.15) is 0 Å². The van der Waals surface area contributed by atoms with Crippen LogP contribution in [0, 0.1) is 17.5 Å². The molecular weight excluding hydrogens is 361 g/mol. The number of sulfonamides is 1. The van der Waals surface area contributed by atoms with Crippen LogP contribution in [0.5, 0.6) is 0 Å². The highest BCUT2D eigenvalue weighted by atomic mass is 32.2. The maximum absolute atomic E-state index is 13.6. The fraction of sp³-hybridized carbons (Fsp3) is 0.133. The molecule has 0 aliphatic heterocycles. The van der Waals surface area contributed by atoms with Crippen LogP contribution in [0.2, 0.25) is 0 Å². The van der Waals surface area contributed by atoms with Crippen molar-refractivity contribution in [1.29, 1.82) is 0 Å². The van der Waals surface area contributed by atoms with Crippen LogP contribution in [0.3, 0.4) is 0 Å². The molecule has 0 unspecified atom stereocenters. The van der Waals surface area contributed by atoms with Crippen LogP contribution in [-0.4, -0.2) is 21.1 Å². The van der Waals surface area contributed by atoms with Crippen molar-refractivity contribution in [3.05, 3.63) is 53.8 Å². The molecule has 0 saturated carbocycles. The van der Waals surface area contributed by atoms with E-state index < -0.39 is 38.5 Å². The van der Waals surface area contributed by atoms with Crippen molar-refractivity contribution < 1.29 is 31.1 Å². The molecule has 2 aromatic carbocycles. The van der Waals surface area contributed by atoms with Crippen LogP contribution >= 0.6 is 0 Å². The van der Waals surface area contributed by atoms with Gasteiger partial charge >= 0.3 is 6.09 Å². The van der Waals surface area contributed by atoms with Gasteiger partial charge in [-0.3, -0.25) is 10.0 Å². The zero-order valence-electron chi connectivity index (χ0n) is 12.8. The molecule has 2 aromatic rings. The van der Waals surface area contributed by atoms with E-state index in [2.05, 4.69) is 10.1 Å². The Kier molecular flexibility index (Phi) is 5.52. The predicted octanol–water partition coefficient (Wildman–Crippen LogP) is 3.47. The SMILES string of the molecule is CCOC(=O)Nc1ccc(NS(=O)(=O)c2ccc(F)c(F)c2F)cc1. The predicted molar refractivity (Wildman–Crippen MR) is 84.2 cm³/mol. The van der Waals surface area contributed by atoms with E-state index in [1.54, 1.807) is 6.92 Å². The summed E-state index contributed by atoms with van der Waals surface area (Å²) < 4.78 is 70.7. The molecule has 0 atom stereocenters. The first-order valence-corrected chi connectivity index (χ1v) is 8.43. The van der Waals surface area contributed by atoms with Gasteiger partial charge in [0.2, 0.25) is 0 Å². The maximum Gasteiger partial charge on any atom is 0.411 e. The number of nitrogens with one attached hydrogen (secondary N) is 2. The number of carbonyl (C=O) groups excluding carboxylic acids is 1. The molecule has 0 heterocycles. The molecule has 134 valence electrons. The Morgan fingerprint density at radius 3 is 2.20 bits per heavy atom. The number of carbonyl (C=O) groups is 1. The number of hydrogen-bond donors (Lipinski definition) is 2. The lowest BCUT2D eigenvalue weighted by Gasteiger charge is -2.10. The van der Waals surface area contributed by atoms with E-state index in [0.717, 1.165) is 0 Å². The lowest BCUT2D eigenvalue weighted by molar-refractivity contribution is 0.168. The summed E-state index contributed by atoms with van der Waals surface area (Å²) in [6, 6.07) is 6.45. The van der Waals surface area contributed by atoms with Gasteiger partial charge in [-0.05, 0) is 43.3 Å². The molecule has 2 rings (SSSR count). The van der Waals surface area contributed by atoms with Crippen LogP contribution < -0.4 is 10.0 Å². The number of amides is 1. The molecule has 0 radical (unpaired) electrons. The highest BCUT2D eigenvalue weighted by Gasteiger charge is 2.24. The lowest BCUT2D eigenvalue weighted by Crippen LogP contribution is -2.16. The first-order valence-electron chi connectivity index (χ1n) is 6.94. The highest BCUT2D eigenvalue weighted by Crippen LogP contribution is 2.23. The van der Waals surface area contributed by atoms with Crippen LogP contribution in [0.25, 0.3) is 0 Å². The quantitative estimate of drug-likeness (QED) is 0.785. The van der Waals surface area contributed by atoms with Crippen LogP contribution in [0.15, 0.2) is 41.3 Å². The summed E-state index contributed by atoms with van der Waals surface area (Å²) >= 11 is 0. The third-order valence-electron chi connectivity index (χ3n) is 2.95. The third-order valence-corrected chi connectivity index (χ3v) is 4.35. The largest absolute Gasteiger partial charge is 0.450 e. The van der Waals surface area contributed by atoms with E-state index in [1.807, 2.05) is 4.72 Å². The van der Waals surface area contributed by atoms with E-state index in [1.165, 1.54) is 24.3 Å². The first-order chi connectivity index (χ1) is 11.7. The van der Waals surface area contributed by atoms with Gasteiger partial charge in [0.15, 0.2) is 17.5 Å². The first kappa shape index (κ1) is 18.6. The molecule has 0 aromatic heterocycles. The average molecular weight is 374 g/mol. The second-order valence-corrected chi connectivity index (χ2v) is 6.35. The number of hydrogen-bond acceptors (Lipinski definition) is 4. The molecule has 0 aliphatic carbocycles. The zero-order chi connectivity index (χ0) is 18.6. The minimum absolute atomic E-state index is 0.0264. The van der Waals surface area contributed by atoms with Crippen molar-refractivity contribution in [2.24, 2.45) is 0 Å². The number of rotatable bonds is 5. The number of benzene rings is 2. The van der Waals surface area contributed by atoms with Crippen LogP contribution in [-0.2, 0) is 14.8 Å². The third kappa shape index (κ3) is 4.41. The Bertz CT molecular complexity index is 886. The van der Waals surface area contributed by atoms with E-state index >= 15 is 0 Å². The summed E-state index contributed by atoms with van der Waals surface area (Å²) in [7, 11) is -4.47. The second-order valence-electron chi connectivity index (χ2n) is 4.70. The maximum atomic E-state index is 13.6. The normalized spacial score (nSPS) is 11.0. The highest BCUT2D eigenvalue weighted by molar-refractivity contribution is 7.92. The zero-order valence-corrected chi connectivity index (χ0v) is 13.7. The second kappa shape index (κ2) is 7.43. The topological polar surface area (TPSA) is 84.5 Å². The van der Waals surface area contributed by atoms with E-state index in [0.29, 0.717) is 17.8 Å². The molecule has 0 bridgehead atoms. The standard InChI is InChI=1S/C15H13F3N2O4S/c1-2-24-15(21)19-9-3-5-10(6-4-9)20-25(22,23)12-8-7-11(16)13(17)14(12)18/h3-8,20H,2H2,1H3,(H,19,21). The van der Waals surface area contributed by atoms with Gasteiger partial charge in [0, 0.05) is 11.4 Å². The van der Waals surface area contributed by atoms with Crippen molar-refractivity contribution in [2.45, 2.75) is 11.8 Å². The molecule has 0 aliphatic rings. The van der Waals surface area contributed by atoms with E-state index in [9.17, 15) is 26.4 Å². The van der Waals surface area contributed by atoms with E-state index in [-0.39, 0.29) is 12.3 Å². The molecule has 0 spiro atoms. The molecule has 0 saturated heterocycles. The Morgan fingerprint density at radius 2 is 1.60 bits per heavy atom. The summed E-state index contributed by atoms with van der Waals surface area (Å²) in [5, 5.41) is 2.40. The smallest absolute Gasteiger partial charge is 0.411 e. The Labute approximate surface area is 141 Å². The van der Waals surface area contributed by atoms with Crippen LogP contribution in [0.4, 0.5) is 29.3 Å². The van der Waals surface area contributed by atoms with Gasteiger partial charge < -0.3 is 4.74 Å². The molecule has 10 heteroatoms. The number of anilines is 2. The summed E-state index contributed by atoms with van der Waals surface area (Å²) in [6.07, 6.45) is -0.681. The molecule has 2 N–H and O–H groups in total. The Balaban J connectivity index is 2.18. The number of halogens is 3. The van der Waals surface area contributed by atoms with Crippen molar-refractivity contribution >= 4 is 27.5 Å². The van der Waals surface area contributed by atoms with Crippen LogP contribution in [0.1, 0.15) is 6.92 Å². The summed E-state index contributed by atoms with van der Waals surface area (Å²) in [6.45, 7) is 1.82. The van der Waals surface area contributed by atoms with Crippen molar-refractivity contribution in [3.8, 4) is 0 Å². The number of ether oxygens (including phenoxy) is 1. The molecule has 6 nitrogen and oxygen atoms in total. The minimum atomic E-state index is -4.47. The Morgan fingerprint density at radius 1 is 1.00 bits per heavy atom.